The summed E-state index contributed by atoms with van der Waals surface area (Å²) in [5.41, 5.74) is 3.67. The van der Waals surface area contributed by atoms with Crippen LogP contribution in [0, 0.1) is 0 Å². The third-order valence-corrected chi connectivity index (χ3v) is 6.30. The number of imidazole rings is 1. The van der Waals surface area contributed by atoms with Gasteiger partial charge in [-0.05, 0) is 31.9 Å². The molecule has 1 aromatic carbocycles. The van der Waals surface area contributed by atoms with Crippen LogP contribution >= 0.6 is 0 Å². The van der Waals surface area contributed by atoms with Crippen LogP contribution in [0.2, 0.25) is 0 Å². The second-order valence-corrected chi connectivity index (χ2v) is 8.90. The lowest BCUT2D eigenvalue weighted by Gasteiger charge is -2.24. The molecule has 0 saturated carbocycles. The molecule has 3 aromatic heterocycles. The Bertz CT molecular complexity index is 1300. The van der Waals surface area contributed by atoms with E-state index in [4.69, 9.17) is 14.2 Å². The van der Waals surface area contributed by atoms with Crippen LogP contribution in [-0.2, 0) is 20.6 Å². The summed E-state index contributed by atoms with van der Waals surface area (Å²) in [7, 11) is 0. The molecule has 2 fully saturated rings. The highest BCUT2D eigenvalue weighted by molar-refractivity contribution is 5.84. The summed E-state index contributed by atoms with van der Waals surface area (Å²) in [4.78, 5) is 16.7. The summed E-state index contributed by atoms with van der Waals surface area (Å²) in [6.07, 6.45) is 4.37. The molecule has 4 aromatic rings. The molecular weight excluding hydrogens is 424 g/mol. The van der Waals surface area contributed by atoms with Gasteiger partial charge in [-0.3, -0.25) is 4.57 Å². The number of rotatable bonds is 6. The van der Waals surface area contributed by atoms with Gasteiger partial charge >= 0.3 is 0 Å². The van der Waals surface area contributed by atoms with Crippen molar-refractivity contribution in [3.05, 3.63) is 48.7 Å². The fourth-order valence-corrected chi connectivity index (χ4v) is 4.85. The van der Waals surface area contributed by atoms with Crippen molar-refractivity contribution >= 4 is 27.9 Å². The van der Waals surface area contributed by atoms with Gasteiger partial charge < -0.3 is 29.6 Å². The number of hydrogen-bond donors (Lipinski definition) is 3. The number of nitrogens with one attached hydrogen (secondary N) is 2. The Labute approximate surface area is 189 Å². The van der Waals surface area contributed by atoms with Gasteiger partial charge in [-0.15, -0.1) is 0 Å². The van der Waals surface area contributed by atoms with Gasteiger partial charge in [0.05, 0.1) is 12.9 Å². The molecule has 172 valence electrons. The molecule has 0 spiro atoms. The van der Waals surface area contributed by atoms with E-state index < -0.39 is 18.1 Å². The molecule has 0 radical (unpaired) electrons. The van der Waals surface area contributed by atoms with Gasteiger partial charge in [0.1, 0.15) is 24.6 Å². The SMILES string of the molecule is CC1(C)OC2C(CO)OC(n3cnc4c(NCCc5c[nH]c6ccccc56)ncnc43)C2O1. The van der Waals surface area contributed by atoms with Gasteiger partial charge in [0, 0.05) is 23.6 Å². The average Bonchev–Trinajstić information content (AvgIpc) is 3.55. The van der Waals surface area contributed by atoms with Crippen LogP contribution in [0.5, 0.6) is 0 Å². The number of aromatic amines is 1. The molecule has 2 saturated heterocycles. The highest BCUT2D eigenvalue weighted by atomic mass is 16.8. The third kappa shape index (κ3) is 3.46. The van der Waals surface area contributed by atoms with Crippen LogP contribution in [0.15, 0.2) is 43.1 Å². The van der Waals surface area contributed by atoms with E-state index in [1.807, 2.05) is 36.7 Å². The van der Waals surface area contributed by atoms with Crippen LogP contribution in [-0.4, -0.2) is 66.9 Å². The molecule has 5 heterocycles. The lowest BCUT2D eigenvalue weighted by Crippen LogP contribution is -2.31. The van der Waals surface area contributed by atoms with Crippen molar-refractivity contribution in [2.45, 2.75) is 50.6 Å². The maximum Gasteiger partial charge on any atom is 0.167 e. The highest BCUT2D eigenvalue weighted by Gasteiger charge is 2.56. The van der Waals surface area contributed by atoms with E-state index in [2.05, 4.69) is 37.4 Å². The summed E-state index contributed by atoms with van der Waals surface area (Å²) in [5.74, 6) is -0.0820. The van der Waals surface area contributed by atoms with Gasteiger partial charge in [0.2, 0.25) is 0 Å². The summed E-state index contributed by atoms with van der Waals surface area (Å²) < 4.78 is 20.0. The Hall–Kier alpha value is -3.05. The first-order chi connectivity index (χ1) is 16.0. The number of hydrogen-bond acceptors (Lipinski definition) is 8. The molecule has 0 bridgehead atoms. The standard InChI is InChI=1S/C23H26N6O4/c1-23(2)32-18-16(10-30)31-22(19(18)33-23)29-12-28-17-20(26-11-27-21(17)29)24-8-7-13-9-25-15-6-4-3-5-14(13)15/h3-6,9,11-12,16,18-19,22,25,30H,7-8,10H2,1-2H3,(H,24,26,27). The Balaban J connectivity index is 1.23. The van der Waals surface area contributed by atoms with Crippen LogP contribution in [0.25, 0.3) is 22.1 Å². The molecule has 4 atom stereocenters. The molecule has 3 N–H and O–H groups in total. The fraction of sp³-hybridized carbons (Fsp3) is 0.435. The summed E-state index contributed by atoms with van der Waals surface area (Å²) in [5, 5.41) is 14.4. The van der Waals surface area contributed by atoms with Gasteiger partial charge in [-0.25, -0.2) is 15.0 Å². The first kappa shape index (κ1) is 20.5. The second-order valence-electron chi connectivity index (χ2n) is 8.90. The van der Waals surface area contributed by atoms with Crippen molar-refractivity contribution in [3.63, 3.8) is 0 Å². The van der Waals surface area contributed by atoms with Crippen molar-refractivity contribution < 1.29 is 19.3 Å². The Morgan fingerprint density at radius 3 is 2.88 bits per heavy atom. The lowest BCUT2D eigenvalue weighted by atomic mass is 10.1. The number of fused-ring (bicyclic) bond motifs is 3. The summed E-state index contributed by atoms with van der Waals surface area (Å²) in [6, 6.07) is 8.27. The van der Waals surface area contributed by atoms with E-state index in [0.717, 1.165) is 11.9 Å². The zero-order valence-electron chi connectivity index (χ0n) is 18.4. The molecule has 6 rings (SSSR count). The van der Waals surface area contributed by atoms with E-state index in [1.54, 1.807) is 6.33 Å². The van der Waals surface area contributed by atoms with E-state index in [-0.39, 0.29) is 18.8 Å². The van der Waals surface area contributed by atoms with E-state index >= 15 is 0 Å². The van der Waals surface area contributed by atoms with Crippen LogP contribution < -0.4 is 5.32 Å². The second kappa shape index (κ2) is 7.77. The smallest absolute Gasteiger partial charge is 0.167 e. The number of para-hydroxylation sites is 1. The summed E-state index contributed by atoms with van der Waals surface area (Å²) in [6.45, 7) is 4.27. The zero-order chi connectivity index (χ0) is 22.6. The van der Waals surface area contributed by atoms with Gasteiger partial charge in [0.25, 0.3) is 0 Å². The Morgan fingerprint density at radius 2 is 2.00 bits per heavy atom. The largest absolute Gasteiger partial charge is 0.394 e. The minimum atomic E-state index is -0.745. The molecule has 10 heteroatoms. The van der Waals surface area contributed by atoms with E-state index in [9.17, 15) is 5.11 Å². The Kier molecular flexibility index (Phi) is 4.84. The number of anilines is 1. The third-order valence-electron chi connectivity index (χ3n) is 6.30. The number of aliphatic hydroxyl groups is 1. The van der Waals surface area contributed by atoms with E-state index in [0.29, 0.717) is 23.5 Å². The van der Waals surface area contributed by atoms with Crippen molar-refractivity contribution in [1.82, 2.24) is 24.5 Å². The van der Waals surface area contributed by atoms with Crippen molar-refractivity contribution in [2.24, 2.45) is 0 Å². The predicted octanol–water partition coefficient (Wildman–Crippen LogP) is 2.37. The number of ether oxygens (including phenoxy) is 3. The minimum absolute atomic E-state index is 0.153. The monoisotopic (exact) mass is 450 g/mol. The normalized spacial score (nSPS) is 26.3. The molecule has 0 aliphatic carbocycles. The zero-order valence-corrected chi connectivity index (χ0v) is 18.4. The van der Waals surface area contributed by atoms with Crippen LogP contribution in [0.4, 0.5) is 5.82 Å². The molecule has 2 aliphatic rings. The first-order valence-corrected chi connectivity index (χ1v) is 11.1. The molecule has 2 aliphatic heterocycles. The number of aromatic nitrogens is 5. The van der Waals surface area contributed by atoms with Crippen molar-refractivity contribution in [1.29, 1.82) is 0 Å². The number of aliphatic hydroxyl groups excluding tert-OH is 1. The predicted molar refractivity (Wildman–Crippen MR) is 121 cm³/mol. The van der Waals surface area contributed by atoms with Gasteiger partial charge in [-0.2, -0.15) is 0 Å². The molecule has 4 unspecified atom stereocenters. The molecule has 33 heavy (non-hydrogen) atoms. The molecule has 0 amide bonds. The maximum atomic E-state index is 9.77. The fourth-order valence-electron chi connectivity index (χ4n) is 4.85. The molecule has 10 nitrogen and oxygen atoms in total. The number of benzene rings is 1. The number of H-pyrrole nitrogens is 1. The topological polar surface area (TPSA) is 119 Å². The highest BCUT2D eigenvalue weighted by Crippen LogP contribution is 2.43. The minimum Gasteiger partial charge on any atom is -0.394 e. The van der Waals surface area contributed by atoms with Gasteiger partial charge in [-0.1, -0.05) is 18.2 Å². The average molecular weight is 450 g/mol. The van der Waals surface area contributed by atoms with Gasteiger partial charge in [0.15, 0.2) is 29.0 Å². The molecular formula is C23H26N6O4. The lowest BCUT2D eigenvalue weighted by molar-refractivity contribution is -0.199. The number of nitrogens with zero attached hydrogens (tertiary/aromatic N) is 4. The van der Waals surface area contributed by atoms with E-state index in [1.165, 1.54) is 17.3 Å². The first-order valence-electron chi connectivity index (χ1n) is 11.1. The quantitative estimate of drug-likeness (QED) is 0.410. The Morgan fingerprint density at radius 1 is 1.15 bits per heavy atom. The van der Waals surface area contributed by atoms with Crippen molar-refractivity contribution in [3.8, 4) is 0 Å². The summed E-state index contributed by atoms with van der Waals surface area (Å²) >= 11 is 0. The van der Waals surface area contributed by atoms with Crippen LogP contribution in [0.1, 0.15) is 25.6 Å². The van der Waals surface area contributed by atoms with Crippen molar-refractivity contribution in [2.75, 3.05) is 18.5 Å². The maximum absolute atomic E-state index is 9.77. The van der Waals surface area contributed by atoms with Crippen LogP contribution in [0.3, 0.4) is 0 Å².